The molecule has 1 aliphatic rings. The molecule has 0 spiro atoms. The molecule has 2 aromatic rings. The van der Waals surface area contributed by atoms with E-state index in [0.29, 0.717) is 19.5 Å². The molecular formula is C24H31F2N3O3. The van der Waals surface area contributed by atoms with Gasteiger partial charge in [-0.25, -0.2) is 13.8 Å². The first-order valence-corrected chi connectivity index (χ1v) is 11.0. The highest BCUT2D eigenvalue weighted by molar-refractivity contribution is 5.76. The Bertz CT molecular complexity index is 879. The third-order valence-electron chi connectivity index (χ3n) is 5.72. The number of alkyl halides is 2. The number of aromatic nitrogens is 1. The summed E-state index contributed by atoms with van der Waals surface area (Å²) in [4.78, 5) is 20.0. The molecule has 1 aliphatic heterocycles. The van der Waals surface area contributed by atoms with E-state index in [4.69, 9.17) is 9.47 Å². The summed E-state index contributed by atoms with van der Waals surface area (Å²) in [5.74, 6) is 1.27. The Hall–Kier alpha value is -2.90. The fourth-order valence-corrected chi connectivity index (χ4v) is 3.66. The van der Waals surface area contributed by atoms with Crippen molar-refractivity contribution < 1.29 is 23.0 Å². The number of rotatable bonds is 10. The molecule has 0 N–H and O–H groups in total. The minimum absolute atomic E-state index is 0.0247. The van der Waals surface area contributed by atoms with Crippen LogP contribution in [0.15, 0.2) is 42.6 Å². The minimum Gasteiger partial charge on any atom is -0.489 e. The molecule has 1 saturated heterocycles. The number of hydrogen-bond acceptors (Lipinski definition) is 5. The highest BCUT2D eigenvalue weighted by Gasteiger charge is 2.25. The zero-order chi connectivity index (χ0) is 23.1. The molecule has 0 aliphatic carbocycles. The van der Waals surface area contributed by atoms with Crippen LogP contribution in [0.2, 0.25) is 0 Å². The van der Waals surface area contributed by atoms with Crippen molar-refractivity contribution in [2.75, 3.05) is 38.2 Å². The van der Waals surface area contributed by atoms with E-state index in [-0.39, 0.29) is 23.8 Å². The van der Waals surface area contributed by atoms with Crippen LogP contribution in [-0.2, 0) is 4.79 Å². The summed E-state index contributed by atoms with van der Waals surface area (Å²) in [7, 11) is 1.82. The van der Waals surface area contributed by atoms with E-state index in [0.717, 1.165) is 30.0 Å². The van der Waals surface area contributed by atoms with Crippen molar-refractivity contribution in [3.63, 3.8) is 0 Å². The number of pyridine rings is 1. The van der Waals surface area contributed by atoms with Gasteiger partial charge in [-0.1, -0.05) is 19.1 Å². The van der Waals surface area contributed by atoms with Crippen LogP contribution in [0.4, 0.5) is 14.5 Å². The summed E-state index contributed by atoms with van der Waals surface area (Å²) in [6.45, 7) is 5.55. The second-order valence-corrected chi connectivity index (χ2v) is 8.11. The Balaban J connectivity index is 1.52. The number of amides is 1. The molecule has 0 bridgehead atoms. The minimum atomic E-state index is -2.53. The Morgan fingerprint density at radius 1 is 1.28 bits per heavy atom. The molecular weight excluding hydrogens is 416 g/mol. The van der Waals surface area contributed by atoms with Crippen LogP contribution < -0.4 is 14.4 Å². The zero-order valence-corrected chi connectivity index (χ0v) is 18.8. The van der Waals surface area contributed by atoms with Gasteiger partial charge in [-0.2, -0.15) is 0 Å². The lowest BCUT2D eigenvalue weighted by molar-refractivity contribution is -0.130. The maximum atomic E-state index is 12.4. The van der Waals surface area contributed by atoms with Crippen LogP contribution in [-0.4, -0.2) is 61.6 Å². The molecule has 174 valence electrons. The van der Waals surface area contributed by atoms with Gasteiger partial charge in [0.05, 0.1) is 6.54 Å². The van der Waals surface area contributed by atoms with Gasteiger partial charge in [0, 0.05) is 50.9 Å². The number of anilines is 1. The summed E-state index contributed by atoms with van der Waals surface area (Å²) in [5, 5.41) is 0. The summed E-state index contributed by atoms with van der Waals surface area (Å²) >= 11 is 0. The fraction of sp³-hybridized carbons (Fsp3) is 0.500. The smallest absolute Gasteiger partial charge is 0.272 e. The fourth-order valence-electron chi connectivity index (χ4n) is 3.66. The van der Waals surface area contributed by atoms with Gasteiger partial charge in [0.25, 0.3) is 6.43 Å². The Kier molecular flexibility index (Phi) is 8.25. The number of carbonyl (C=O) groups is 1. The highest BCUT2D eigenvalue weighted by atomic mass is 19.3. The van der Waals surface area contributed by atoms with E-state index in [1.807, 2.05) is 44.3 Å². The van der Waals surface area contributed by atoms with Gasteiger partial charge >= 0.3 is 0 Å². The molecule has 2 heterocycles. The normalized spacial score (nSPS) is 16.8. The van der Waals surface area contributed by atoms with Crippen LogP contribution in [0.3, 0.4) is 0 Å². The molecule has 3 rings (SSSR count). The Labute approximate surface area is 188 Å². The van der Waals surface area contributed by atoms with Crippen molar-refractivity contribution >= 4 is 11.6 Å². The molecule has 32 heavy (non-hydrogen) atoms. The molecule has 1 aromatic heterocycles. The molecule has 8 heteroatoms. The Morgan fingerprint density at radius 3 is 2.72 bits per heavy atom. The van der Waals surface area contributed by atoms with Crippen molar-refractivity contribution in [1.82, 2.24) is 9.88 Å². The van der Waals surface area contributed by atoms with Crippen molar-refractivity contribution in [3.05, 3.63) is 48.2 Å². The monoisotopic (exact) mass is 447 g/mol. The average Bonchev–Trinajstić information content (AvgIpc) is 3.26. The standard InChI is InChI=1S/C24H31F2N3O3/c1-4-28(3)24(30)13-17(2)18-5-7-20(8-6-18)32-21-10-12-29(15-21)19-9-11-27-23(14-19)31-16-22(25)26/h5-9,11,14,17,21-22H,4,10,12-13,15-16H2,1-3H3/t17-,21?/m1/s1. The molecule has 1 amide bonds. The second-order valence-electron chi connectivity index (χ2n) is 8.11. The number of hydrogen-bond donors (Lipinski definition) is 0. The van der Waals surface area contributed by atoms with E-state index in [1.54, 1.807) is 17.2 Å². The van der Waals surface area contributed by atoms with Gasteiger partial charge in [-0.3, -0.25) is 4.79 Å². The van der Waals surface area contributed by atoms with Crippen molar-refractivity contribution in [2.24, 2.45) is 0 Å². The van der Waals surface area contributed by atoms with Crippen molar-refractivity contribution in [3.8, 4) is 11.6 Å². The maximum absolute atomic E-state index is 12.4. The highest BCUT2D eigenvalue weighted by Crippen LogP contribution is 2.27. The summed E-state index contributed by atoms with van der Waals surface area (Å²) in [5.41, 5.74) is 1.98. The predicted molar refractivity (Wildman–Crippen MR) is 120 cm³/mol. The largest absolute Gasteiger partial charge is 0.489 e. The van der Waals surface area contributed by atoms with Crippen LogP contribution >= 0.6 is 0 Å². The second kappa shape index (κ2) is 11.1. The van der Waals surface area contributed by atoms with Crippen LogP contribution in [0.1, 0.15) is 38.2 Å². The molecule has 0 saturated carbocycles. The molecule has 1 unspecified atom stereocenters. The SMILES string of the molecule is CCN(C)C(=O)C[C@@H](C)c1ccc(OC2CCN(c3ccnc(OCC(F)F)c3)C2)cc1. The summed E-state index contributed by atoms with van der Waals surface area (Å²) < 4.78 is 35.9. The third-order valence-corrected chi connectivity index (χ3v) is 5.72. The van der Waals surface area contributed by atoms with Gasteiger partial charge in [-0.05, 0) is 36.6 Å². The van der Waals surface area contributed by atoms with E-state index >= 15 is 0 Å². The maximum Gasteiger partial charge on any atom is 0.272 e. The van der Waals surface area contributed by atoms with Gasteiger partial charge < -0.3 is 19.3 Å². The molecule has 6 nitrogen and oxygen atoms in total. The van der Waals surface area contributed by atoms with Gasteiger partial charge in [0.15, 0.2) is 6.61 Å². The van der Waals surface area contributed by atoms with E-state index in [2.05, 4.69) is 16.8 Å². The number of nitrogens with zero attached hydrogens (tertiary/aromatic N) is 3. The lowest BCUT2D eigenvalue weighted by Gasteiger charge is -2.20. The molecule has 0 radical (unpaired) electrons. The number of ether oxygens (including phenoxy) is 2. The van der Waals surface area contributed by atoms with Gasteiger partial charge in [0.2, 0.25) is 11.8 Å². The molecule has 1 fully saturated rings. The average molecular weight is 448 g/mol. The first kappa shape index (κ1) is 23.8. The topological polar surface area (TPSA) is 54.9 Å². The van der Waals surface area contributed by atoms with Crippen LogP contribution in [0.5, 0.6) is 11.6 Å². The zero-order valence-electron chi connectivity index (χ0n) is 18.8. The summed E-state index contributed by atoms with van der Waals surface area (Å²) in [6.07, 6.45) is 0.393. The summed E-state index contributed by atoms with van der Waals surface area (Å²) in [6, 6.07) is 11.4. The molecule has 2 atom stereocenters. The number of halogens is 2. The van der Waals surface area contributed by atoms with Crippen LogP contribution in [0.25, 0.3) is 0 Å². The van der Waals surface area contributed by atoms with Crippen molar-refractivity contribution in [2.45, 2.75) is 45.1 Å². The number of benzene rings is 1. The first-order chi connectivity index (χ1) is 15.4. The predicted octanol–water partition coefficient (Wildman–Crippen LogP) is 4.36. The molecule has 1 aromatic carbocycles. The Morgan fingerprint density at radius 2 is 2.03 bits per heavy atom. The van der Waals surface area contributed by atoms with E-state index in [9.17, 15) is 13.6 Å². The van der Waals surface area contributed by atoms with E-state index < -0.39 is 13.0 Å². The van der Waals surface area contributed by atoms with E-state index in [1.165, 1.54) is 0 Å². The van der Waals surface area contributed by atoms with Gasteiger partial charge in [-0.15, -0.1) is 0 Å². The lowest BCUT2D eigenvalue weighted by atomic mass is 9.97. The van der Waals surface area contributed by atoms with Gasteiger partial charge in [0.1, 0.15) is 11.9 Å². The van der Waals surface area contributed by atoms with Crippen molar-refractivity contribution in [1.29, 1.82) is 0 Å². The van der Waals surface area contributed by atoms with Crippen LogP contribution in [0, 0.1) is 0 Å². The third kappa shape index (κ3) is 6.55. The quantitative estimate of drug-likeness (QED) is 0.542. The number of carbonyl (C=O) groups excluding carboxylic acids is 1. The lowest BCUT2D eigenvalue weighted by Crippen LogP contribution is -2.27. The first-order valence-electron chi connectivity index (χ1n) is 11.0.